The number of hydrogen-bond donors (Lipinski definition) is 2. The second-order valence-electron chi connectivity index (χ2n) is 6.30. The molecule has 0 aliphatic carbocycles. The van der Waals surface area contributed by atoms with E-state index in [0.717, 1.165) is 25.9 Å². The van der Waals surface area contributed by atoms with Gasteiger partial charge in [0.25, 0.3) is 0 Å². The number of likely N-dealkylation sites (N-methyl/N-ethyl adjacent to an activating group) is 1. The summed E-state index contributed by atoms with van der Waals surface area (Å²) in [7, 11) is 1.84. The maximum atomic E-state index is 12.1. The highest BCUT2D eigenvalue weighted by Gasteiger charge is 2.23. The van der Waals surface area contributed by atoms with Crippen LogP contribution in [0.5, 0.6) is 0 Å². The fourth-order valence-corrected chi connectivity index (χ4v) is 3.33. The molecule has 0 radical (unpaired) electrons. The lowest BCUT2D eigenvalue weighted by Gasteiger charge is -2.36. The lowest BCUT2D eigenvalue weighted by molar-refractivity contribution is -0.138. The fraction of sp³-hybridized carbons (Fsp3) is 0.529. The van der Waals surface area contributed by atoms with Crippen molar-refractivity contribution in [2.45, 2.75) is 25.3 Å². The molecule has 146 valence electrons. The van der Waals surface area contributed by atoms with Crippen LogP contribution in [0.4, 0.5) is 5.69 Å². The SMILES string of the molecule is CN(CC(=O)O)C1CCN(CCC(=O)Nc2cc(Cl)ccc2Cl)CC1.Cl. The van der Waals surface area contributed by atoms with Gasteiger partial charge in [0.15, 0.2) is 0 Å². The Kier molecular flexibility index (Phi) is 9.68. The van der Waals surface area contributed by atoms with E-state index in [1.54, 1.807) is 18.2 Å². The topological polar surface area (TPSA) is 72.9 Å². The molecule has 6 nitrogen and oxygen atoms in total. The zero-order valence-corrected chi connectivity index (χ0v) is 16.9. The quantitative estimate of drug-likeness (QED) is 0.703. The van der Waals surface area contributed by atoms with Crippen LogP contribution in [-0.4, -0.2) is 66.1 Å². The Morgan fingerprint density at radius 3 is 2.58 bits per heavy atom. The van der Waals surface area contributed by atoms with Crippen molar-refractivity contribution < 1.29 is 14.7 Å². The third kappa shape index (κ3) is 7.29. The van der Waals surface area contributed by atoms with Crippen molar-refractivity contribution in [1.82, 2.24) is 9.80 Å². The third-order valence-corrected chi connectivity index (χ3v) is 4.99. The number of anilines is 1. The van der Waals surface area contributed by atoms with Gasteiger partial charge in [0.2, 0.25) is 5.91 Å². The molecule has 1 aliphatic heterocycles. The molecule has 1 amide bonds. The van der Waals surface area contributed by atoms with Crippen LogP contribution in [0.3, 0.4) is 0 Å². The van der Waals surface area contributed by atoms with Crippen molar-refractivity contribution >= 4 is 53.2 Å². The Morgan fingerprint density at radius 2 is 1.96 bits per heavy atom. The second-order valence-corrected chi connectivity index (χ2v) is 7.15. The summed E-state index contributed by atoms with van der Waals surface area (Å²) in [4.78, 5) is 27.0. The average molecular weight is 425 g/mol. The number of aliphatic carboxylic acids is 1. The van der Waals surface area contributed by atoms with E-state index in [1.807, 2.05) is 11.9 Å². The van der Waals surface area contributed by atoms with Crippen LogP contribution in [0, 0.1) is 0 Å². The molecule has 2 N–H and O–H groups in total. The van der Waals surface area contributed by atoms with E-state index in [9.17, 15) is 9.59 Å². The molecule has 1 aromatic carbocycles. The normalized spacial score (nSPS) is 15.5. The first-order chi connectivity index (χ1) is 11.8. The standard InChI is InChI=1S/C17H23Cl2N3O3.ClH/c1-21(11-17(24)25)13-4-7-22(8-5-13)9-6-16(23)20-15-10-12(18)2-3-14(15)19;/h2-3,10,13H,4-9,11H2,1H3,(H,20,23)(H,24,25);1H. The zero-order valence-electron chi connectivity index (χ0n) is 14.6. The molecule has 9 heteroatoms. The van der Waals surface area contributed by atoms with E-state index < -0.39 is 5.97 Å². The number of likely N-dealkylation sites (tertiary alicyclic amines) is 1. The van der Waals surface area contributed by atoms with Crippen LogP contribution >= 0.6 is 35.6 Å². The summed E-state index contributed by atoms with van der Waals surface area (Å²) < 4.78 is 0. The average Bonchev–Trinajstić information content (AvgIpc) is 2.56. The molecular weight excluding hydrogens is 401 g/mol. The number of rotatable bonds is 7. The number of benzene rings is 1. The molecule has 1 aromatic rings. The van der Waals surface area contributed by atoms with E-state index >= 15 is 0 Å². The highest BCUT2D eigenvalue weighted by Crippen LogP contribution is 2.25. The van der Waals surface area contributed by atoms with Crippen LogP contribution in [0.25, 0.3) is 0 Å². The number of nitrogens with zero attached hydrogens (tertiary/aromatic N) is 2. The van der Waals surface area contributed by atoms with Crippen LogP contribution in [0.1, 0.15) is 19.3 Å². The van der Waals surface area contributed by atoms with Crippen molar-refractivity contribution in [2.24, 2.45) is 0 Å². The maximum Gasteiger partial charge on any atom is 0.317 e. The number of carbonyl (C=O) groups is 2. The first kappa shape index (κ1) is 23.0. The maximum absolute atomic E-state index is 12.1. The van der Waals surface area contributed by atoms with Gasteiger partial charge in [-0.1, -0.05) is 23.2 Å². The molecule has 0 saturated carbocycles. The van der Waals surface area contributed by atoms with Crippen LogP contribution in [0.2, 0.25) is 10.0 Å². The molecule has 0 bridgehead atoms. The highest BCUT2D eigenvalue weighted by molar-refractivity contribution is 6.35. The summed E-state index contributed by atoms with van der Waals surface area (Å²) >= 11 is 12.0. The van der Waals surface area contributed by atoms with Gasteiger partial charge in [0, 0.05) is 24.0 Å². The van der Waals surface area contributed by atoms with Gasteiger partial charge in [-0.05, 0) is 51.2 Å². The lowest BCUT2D eigenvalue weighted by atomic mass is 10.0. The van der Waals surface area contributed by atoms with Crippen molar-refractivity contribution in [3.63, 3.8) is 0 Å². The first-order valence-electron chi connectivity index (χ1n) is 8.24. The van der Waals surface area contributed by atoms with Gasteiger partial charge in [-0.2, -0.15) is 0 Å². The Bertz CT molecular complexity index is 623. The number of halogens is 3. The number of piperidine rings is 1. The molecule has 0 aromatic heterocycles. The summed E-state index contributed by atoms with van der Waals surface area (Å²) in [6, 6.07) is 5.24. The number of carbonyl (C=O) groups excluding carboxylic acids is 1. The van der Waals surface area contributed by atoms with Gasteiger partial charge in [-0.15, -0.1) is 12.4 Å². The molecule has 1 aliphatic rings. The molecular formula is C17H24Cl3N3O3. The van der Waals surface area contributed by atoms with Gasteiger partial charge >= 0.3 is 5.97 Å². The molecule has 26 heavy (non-hydrogen) atoms. The monoisotopic (exact) mass is 423 g/mol. The van der Waals surface area contributed by atoms with E-state index in [-0.39, 0.29) is 30.9 Å². The summed E-state index contributed by atoms with van der Waals surface area (Å²) in [5.74, 6) is -0.907. The predicted molar refractivity (Wildman–Crippen MR) is 107 cm³/mol. The Labute approximate surface area is 169 Å². The molecule has 1 heterocycles. The number of carboxylic acid groups (broad SMARTS) is 1. The lowest BCUT2D eigenvalue weighted by Crippen LogP contribution is -2.45. The van der Waals surface area contributed by atoms with Gasteiger partial charge in [-0.3, -0.25) is 14.5 Å². The van der Waals surface area contributed by atoms with Gasteiger partial charge in [0.1, 0.15) is 0 Å². The van der Waals surface area contributed by atoms with Crippen molar-refractivity contribution in [3.05, 3.63) is 28.2 Å². The van der Waals surface area contributed by atoms with E-state index in [2.05, 4.69) is 10.2 Å². The minimum atomic E-state index is -0.804. The molecule has 0 spiro atoms. The smallest absolute Gasteiger partial charge is 0.317 e. The second kappa shape index (κ2) is 10.9. The van der Waals surface area contributed by atoms with Gasteiger partial charge in [0.05, 0.1) is 17.3 Å². The number of amides is 1. The van der Waals surface area contributed by atoms with Crippen LogP contribution in [0.15, 0.2) is 18.2 Å². The Morgan fingerprint density at radius 1 is 1.31 bits per heavy atom. The van der Waals surface area contributed by atoms with Gasteiger partial charge in [-0.25, -0.2) is 0 Å². The summed E-state index contributed by atoms with van der Waals surface area (Å²) in [6.45, 7) is 2.45. The third-order valence-electron chi connectivity index (χ3n) is 4.42. The number of carboxylic acids is 1. The molecule has 1 fully saturated rings. The zero-order chi connectivity index (χ0) is 18.4. The van der Waals surface area contributed by atoms with Crippen LogP contribution in [-0.2, 0) is 9.59 Å². The summed E-state index contributed by atoms with van der Waals surface area (Å²) in [5, 5.41) is 12.6. The van der Waals surface area contributed by atoms with Crippen LogP contribution < -0.4 is 5.32 Å². The van der Waals surface area contributed by atoms with Gasteiger partial charge < -0.3 is 15.3 Å². The summed E-state index contributed by atoms with van der Waals surface area (Å²) in [5.41, 5.74) is 0.521. The number of hydrogen-bond acceptors (Lipinski definition) is 4. The minimum Gasteiger partial charge on any atom is -0.480 e. The van der Waals surface area contributed by atoms with Crippen molar-refractivity contribution in [2.75, 3.05) is 38.5 Å². The molecule has 0 unspecified atom stereocenters. The number of nitrogens with one attached hydrogen (secondary N) is 1. The van der Waals surface area contributed by atoms with Crippen molar-refractivity contribution in [3.8, 4) is 0 Å². The minimum absolute atomic E-state index is 0. The van der Waals surface area contributed by atoms with E-state index in [4.69, 9.17) is 28.3 Å². The fourth-order valence-electron chi connectivity index (χ4n) is 2.99. The first-order valence-corrected chi connectivity index (χ1v) is 9.00. The largest absolute Gasteiger partial charge is 0.480 e. The van der Waals surface area contributed by atoms with E-state index in [1.165, 1.54) is 0 Å². The predicted octanol–water partition coefficient (Wildman–Crippen LogP) is 3.22. The molecule has 1 saturated heterocycles. The molecule has 2 rings (SSSR count). The highest BCUT2D eigenvalue weighted by atomic mass is 35.5. The van der Waals surface area contributed by atoms with E-state index in [0.29, 0.717) is 28.7 Å². The summed E-state index contributed by atoms with van der Waals surface area (Å²) in [6.07, 6.45) is 2.19. The Balaban J connectivity index is 0.00000338. The molecule has 0 atom stereocenters. The van der Waals surface area contributed by atoms with Crippen molar-refractivity contribution in [1.29, 1.82) is 0 Å². The Hall–Kier alpha value is -1.05.